The Morgan fingerprint density at radius 3 is 2.29 bits per heavy atom. The number of rotatable bonds is 4. The van der Waals surface area contributed by atoms with Crippen molar-refractivity contribution in [2.45, 2.75) is 24.2 Å². The molecule has 0 aliphatic rings. The average molecular weight is 244 g/mol. The molecule has 0 fully saturated rings. The van der Waals surface area contributed by atoms with Gasteiger partial charge >= 0.3 is 0 Å². The molecule has 0 saturated heterocycles. The van der Waals surface area contributed by atoms with E-state index in [1.807, 2.05) is 18.2 Å². The lowest BCUT2D eigenvalue weighted by Gasteiger charge is -2.08. The molecule has 2 rings (SSSR count). The van der Waals surface area contributed by atoms with Crippen LogP contribution >= 0.6 is 11.8 Å². The zero-order chi connectivity index (χ0) is 12.1. The predicted molar refractivity (Wildman–Crippen MR) is 73.1 cm³/mol. The van der Waals surface area contributed by atoms with E-state index in [1.54, 1.807) is 11.8 Å². The van der Waals surface area contributed by atoms with E-state index in [-0.39, 0.29) is 6.61 Å². The molecule has 1 N–H and O–H groups in total. The lowest BCUT2D eigenvalue weighted by atomic mass is 10.1. The molecule has 0 heterocycles. The van der Waals surface area contributed by atoms with E-state index in [9.17, 15) is 5.11 Å². The number of benzene rings is 2. The van der Waals surface area contributed by atoms with Crippen LogP contribution in [0.1, 0.15) is 16.7 Å². The van der Waals surface area contributed by atoms with E-state index < -0.39 is 0 Å². The topological polar surface area (TPSA) is 20.2 Å². The van der Waals surface area contributed by atoms with Crippen LogP contribution in [-0.4, -0.2) is 5.11 Å². The van der Waals surface area contributed by atoms with Crippen LogP contribution in [-0.2, 0) is 12.4 Å². The molecule has 1 nitrogen and oxygen atoms in total. The fraction of sp³-hybridized carbons (Fsp3) is 0.200. The highest BCUT2D eigenvalue weighted by Crippen LogP contribution is 2.27. The number of aryl methyl sites for hydroxylation is 1. The summed E-state index contributed by atoms with van der Waals surface area (Å²) in [6.45, 7) is 2.24. The maximum atomic E-state index is 9.26. The lowest BCUT2D eigenvalue weighted by Crippen LogP contribution is -1.89. The van der Waals surface area contributed by atoms with Gasteiger partial charge in [0.05, 0.1) is 6.61 Å². The Labute approximate surface area is 107 Å². The standard InChI is InChI=1S/C15H16OS/c1-12-6-2-3-8-14(12)11-17-15-9-5-4-7-13(15)10-16/h2-9,16H,10-11H2,1H3. The number of hydrogen-bond acceptors (Lipinski definition) is 2. The maximum absolute atomic E-state index is 9.26. The minimum atomic E-state index is 0.108. The first kappa shape index (κ1) is 12.2. The lowest BCUT2D eigenvalue weighted by molar-refractivity contribution is 0.279. The molecular formula is C15H16OS. The van der Waals surface area contributed by atoms with Crippen molar-refractivity contribution >= 4 is 11.8 Å². The van der Waals surface area contributed by atoms with Gasteiger partial charge < -0.3 is 5.11 Å². The molecule has 0 bridgehead atoms. The van der Waals surface area contributed by atoms with Gasteiger partial charge in [0.2, 0.25) is 0 Å². The molecular weight excluding hydrogens is 228 g/mol. The number of aliphatic hydroxyl groups is 1. The Kier molecular flexibility index (Phi) is 4.24. The second-order valence-corrected chi connectivity index (χ2v) is 5.00. The van der Waals surface area contributed by atoms with Crippen molar-refractivity contribution in [3.8, 4) is 0 Å². The van der Waals surface area contributed by atoms with E-state index >= 15 is 0 Å². The summed E-state index contributed by atoms with van der Waals surface area (Å²) in [6, 6.07) is 16.4. The van der Waals surface area contributed by atoms with Crippen molar-refractivity contribution in [3.63, 3.8) is 0 Å². The second kappa shape index (κ2) is 5.89. The van der Waals surface area contributed by atoms with Crippen molar-refractivity contribution in [2.24, 2.45) is 0 Å². The van der Waals surface area contributed by atoms with Gasteiger partial charge in [-0.2, -0.15) is 0 Å². The van der Waals surface area contributed by atoms with E-state index in [0.717, 1.165) is 11.3 Å². The Bertz CT molecular complexity index is 494. The van der Waals surface area contributed by atoms with E-state index in [1.165, 1.54) is 16.0 Å². The molecule has 2 aromatic carbocycles. The smallest absolute Gasteiger partial charge is 0.0692 e. The third kappa shape index (κ3) is 3.11. The van der Waals surface area contributed by atoms with Crippen LogP contribution in [0.25, 0.3) is 0 Å². The third-order valence-corrected chi connectivity index (χ3v) is 3.95. The van der Waals surface area contributed by atoms with Crippen molar-refractivity contribution in [1.29, 1.82) is 0 Å². The Balaban J connectivity index is 2.10. The summed E-state index contributed by atoms with van der Waals surface area (Å²) in [5, 5.41) is 9.26. The van der Waals surface area contributed by atoms with Gasteiger partial charge in [-0.05, 0) is 29.7 Å². The normalized spacial score (nSPS) is 10.5. The van der Waals surface area contributed by atoms with Crippen molar-refractivity contribution in [1.82, 2.24) is 0 Å². The third-order valence-electron chi connectivity index (χ3n) is 2.79. The summed E-state index contributed by atoms with van der Waals surface area (Å²) in [5.74, 6) is 0.948. The van der Waals surface area contributed by atoms with Gasteiger partial charge in [0.1, 0.15) is 0 Å². The Morgan fingerprint density at radius 2 is 1.59 bits per heavy atom. The molecule has 2 aromatic rings. The van der Waals surface area contributed by atoms with Crippen molar-refractivity contribution in [2.75, 3.05) is 0 Å². The molecule has 17 heavy (non-hydrogen) atoms. The van der Waals surface area contributed by atoms with Crippen LogP contribution < -0.4 is 0 Å². The van der Waals surface area contributed by atoms with Crippen LogP contribution in [0.15, 0.2) is 53.4 Å². The van der Waals surface area contributed by atoms with Crippen LogP contribution in [0.3, 0.4) is 0 Å². The summed E-state index contributed by atoms with van der Waals surface area (Å²) in [6.07, 6.45) is 0. The first-order chi connectivity index (χ1) is 8.31. The average Bonchev–Trinajstić information content (AvgIpc) is 2.38. The number of thioether (sulfide) groups is 1. The Morgan fingerprint density at radius 1 is 0.941 bits per heavy atom. The zero-order valence-corrected chi connectivity index (χ0v) is 10.7. The Hall–Kier alpha value is -1.25. The van der Waals surface area contributed by atoms with Gasteiger partial charge in [0, 0.05) is 10.6 Å². The SMILES string of the molecule is Cc1ccccc1CSc1ccccc1CO. The number of hydrogen-bond donors (Lipinski definition) is 1. The minimum absolute atomic E-state index is 0.108. The van der Waals surface area contributed by atoms with Crippen molar-refractivity contribution in [3.05, 3.63) is 65.2 Å². The number of aliphatic hydroxyl groups excluding tert-OH is 1. The van der Waals surface area contributed by atoms with E-state index in [0.29, 0.717) is 0 Å². The van der Waals surface area contributed by atoms with Gasteiger partial charge in [-0.15, -0.1) is 11.8 Å². The van der Waals surface area contributed by atoms with Gasteiger partial charge in [0.25, 0.3) is 0 Å². The molecule has 0 aliphatic heterocycles. The first-order valence-electron chi connectivity index (χ1n) is 5.67. The summed E-state index contributed by atoms with van der Waals surface area (Å²) in [7, 11) is 0. The van der Waals surface area contributed by atoms with E-state index in [4.69, 9.17) is 0 Å². The molecule has 88 valence electrons. The highest BCUT2D eigenvalue weighted by molar-refractivity contribution is 7.98. The van der Waals surface area contributed by atoms with Crippen LogP contribution in [0.5, 0.6) is 0 Å². The molecule has 0 radical (unpaired) electrons. The summed E-state index contributed by atoms with van der Waals surface area (Å²) >= 11 is 1.78. The highest BCUT2D eigenvalue weighted by Gasteiger charge is 2.03. The summed E-state index contributed by atoms with van der Waals surface area (Å²) in [5.41, 5.74) is 3.68. The molecule has 0 unspecified atom stereocenters. The molecule has 0 aliphatic carbocycles. The predicted octanol–water partition coefficient (Wildman–Crippen LogP) is 3.78. The fourth-order valence-electron chi connectivity index (χ4n) is 1.70. The first-order valence-corrected chi connectivity index (χ1v) is 6.66. The van der Waals surface area contributed by atoms with Crippen LogP contribution in [0.2, 0.25) is 0 Å². The molecule has 0 spiro atoms. The molecule has 0 aromatic heterocycles. The van der Waals surface area contributed by atoms with Gasteiger partial charge in [0.15, 0.2) is 0 Å². The largest absolute Gasteiger partial charge is 0.392 e. The quantitative estimate of drug-likeness (QED) is 0.826. The highest BCUT2D eigenvalue weighted by atomic mass is 32.2. The molecule has 2 heteroatoms. The minimum Gasteiger partial charge on any atom is -0.392 e. The second-order valence-electron chi connectivity index (χ2n) is 3.98. The molecule has 0 amide bonds. The summed E-state index contributed by atoms with van der Waals surface area (Å²) in [4.78, 5) is 1.17. The summed E-state index contributed by atoms with van der Waals surface area (Å²) < 4.78 is 0. The van der Waals surface area contributed by atoms with Crippen LogP contribution in [0, 0.1) is 6.92 Å². The van der Waals surface area contributed by atoms with E-state index in [2.05, 4.69) is 37.3 Å². The fourth-order valence-corrected chi connectivity index (χ4v) is 2.83. The van der Waals surface area contributed by atoms with Crippen LogP contribution in [0.4, 0.5) is 0 Å². The maximum Gasteiger partial charge on any atom is 0.0692 e. The monoisotopic (exact) mass is 244 g/mol. The van der Waals surface area contributed by atoms with Gasteiger partial charge in [-0.1, -0.05) is 42.5 Å². The van der Waals surface area contributed by atoms with Gasteiger partial charge in [-0.25, -0.2) is 0 Å². The molecule has 0 atom stereocenters. The van der Waals surface area contributed by atoms with Crippen molar-refractivity contribution < 1.29 is 5.11 Å². The van der Waals surface area contributed by atoms with Gasteiger partial charge in [-0.3, -0.25) is 0 Å². The zero-order valence-electron chi connectivity index (χ0n) is 9.89. The molecule has 0 saturated carbocycles.